The molecule has 0 atom stereocenters. The molecule has 9 heteroatoms. The van der Waals surface area contributed by atoms with Crippen molar-refractivity contribution in [3.8, 4) is 11.5 Å². The van der Waals surface area contributed by atoms with E-state index in [1.807, 2.05) is 0 Å². The summed E-state index contributed by atoms with van der Waals surface area (Å²) < 4.78 is 48.9. The number of hydrogen-bond acceptors (Lipinski definition) is 4. The summed E-state index contributed by atoms with van der Waals surface area (Å²) in [5, 5.41) is 2.34. The Morgan fingerprint density at radius 1 is 1.11 bits per heavy atom. The van der Waals surface area contributed by atoms with E-state index in [1.165, 1.54) is 26.4 Å². The molecule has 1 amide bonds. The third kappa shape index (κ3) is 5.97. The number of methoxy groups -OCH3 is 2. The molecular formula is C18H17ClF3NO3S. The largest absolute Gasteiger partial charge is 0.493 e. The number of thioether (sulfide) groups is 1. The lowest BCUT2D eigenvalue weighted by Crippen LogP contribution is -2.24. The molecular weight excluding hydrogens is 403 g/mol. The maximum Gasteiger partial charge on any atom is 0.417 e. The molecule has 0 aliphatic carbocycles. The Morgan fingerprint density at radius 2 is 1.81 bits per heavy atom. The fraction of sp³-hybridized carbons (Fsp3) is 0.278. The minimum absolute atomic E-state index is 0.0216. The highest BCUT2D eigenvalue weighted by Gasteiger charge is 2.33. The highest BCUT2D eigenvalue weighted by molar-refractivity contribution is 8.00. The van der Waals surface area contributed by atoms with Gasteiger partial charge >= 0.3 is 6.18 Å². The summed E-state index contributed by atoms with van der Waals surface area (Å²) in [4.78, 5) is 12.3. The topological polar surface area (TPSA) is 47.6 Å². The summed E-state index contributed by atoms with van der Waals surface area (Å²) in [6, 6.07) is 8.80. The average molecular weight is 420 g/mol. The van der Waals surface area contributed by atoms with Crippen LogP contribution in [0.25, 0.3) is 0 Å². The summed E-state index contributed by atoms with van der Waals surface area (Å²) in [6.07, 6.45) is -4.54. The molecule has 146 valence electrons. The maximum atomic E-state index is 12.9. The third-order valence-electron chi connectivity index (χ3n) is 3.55. The Labute approximate surface area is 164 Å². The van der Waals surface area contributed by atoms with E-state index in [4.69, 9.17) is 21.1 Å². The predicted molar refractivity (Wildman–Crippen MR) is 98.6 cm³/mol. The van der Waals surface area contributed by atoms with Gasteiger partial charge in [-0.1, -0.05) is 17.7 Å². The number of alkyl halides is 3. The van der Waals surface area contributed by atoms with E-state index in [0.29, 0.717) is 16.4 Å². The van der Waals surface area contributed by atoms with Crippen LogP contribution in [0.2, 0.25) is 5.02 Å². The smallest absolute Gasteiger partial charge is 0.417 e. The van der Waals surface area contributed by atoms with Crippen molar-refractivity contribution in [2.24, 2.45) is 0 Å². The first-order valence-corrected chi connectivity index (χ1v) is 9.08. The van der Waals surface area contributed by atoms with E-state index in [9.17, 15) is 18.0 Å². The first-order chi connectivity index (χ1) is 12.7. The maximum absolute atomic E-state index is 12.9. The number of carbonyl (C=O) groups is 1. The highest BCUT2D eigenvalue weighted by Crippen LogP contribution is 2.37. The Balaban J connectivity index is 1.92. The number of ether oxygens (including phenoxy) is 2. The molecule has 2 rings (SSSR count). The van der Waals surface area contributed by atoms with E-state index in [-0.39, 0.29) is 23.2 Å². The van der Waals surface area contributed by atoms with Gasteiger partial charge in [0.15, 0.2) is 11.5 Å². The van der Waals surface area contributed by atoms with Gasteiger partial charge in [0, 0.05) is 11.4 Å². The van der Waals surface area contributed by atoms with Crippen molar-refractivity contribution in [1.29, 1.82) is 0 Å². The number of halogens is 4. The SMILES string of the molecule is COc1ccc(CNC(=O)CSc2ccc(Cl)c(C(F)(F)F)c2)cc1OC. The Morgan fingerprint density at radius 3 is 2.44 bits per heavy atom. The van der Waals surface area contributed by atoms with Crippen LogP contribution in [-0.4, -0.2) is 25.9 Å². The lowest BCUT2D eigenvalue weighted by Gasteiger charge is -2.11. The molecule has 4 nitrogen and oxygen atoms in total. The first kappa shape index (κ1) is 21.2. The van der Waals surface area contributed by atoms with Crippen LogP contribution in [0.1, 0.15) is 11.1 Å². The van der Waals surface area contributed by atoms with Crippen molar-refractivity contribution in [1.82, 2.24) is 5.32 Å². The van der Waals surface area contributed by atoms with Crippen molar-refractivity contribution in [2.75, 3.05) is 20.0 Å². The molecule has 0 bridgehead atoms. The van der Waals surface area contributed by atoms with Crippen LogP contribution < -0.4 is 14.8 Å². The monoisotopic (exact) mass is 419 g/mol. The van der Waals surface area contributed by atoms with Gasteiger partial charge in [0.05, 0.1) is 30.6 Å². The minimum atomic E-state index is -4.54. The van der Waals surface area contributed by atoms with Gasteiger partial charge in [0.25, 0.3) is 0 Å². The molecule has 0 unspecified atom stereocenters. The minimum Gasteiger partial charge on any atom is -0.493 e. The lowest BCUT2D eigenvalue weighted by atomic mass is 10.2. The number of benzene rings is 2. The van der Waals surface area contributed by atoms with Crippen LogP contribution in [-0.2, 0) is 17.5 Å². The highest BCUT2D eigenvalue weighted by atomic mass is 35.5. The van der Waals surface area contributed by atoms with Gasteiger partial charge in [-0.3, -0.25) is 4.79 Å². The molecule has 0 saturated heterocycles. The van der Waals surface area contributed by atoms with Crippen LogP contribution in [0.4, 0.5) is 13.2 Å². The zero-order valence-corrected chi connectivity index (χ0v) is 16.1. The summed E-state index contributed by atoms with van der Waals surface area (Å²) in [5.41, 5.74) is -0.114. The van der Waals surface area contributed by atoms with Gasteiger partial charge in [0.1, 0.15) is 0 Å². The van der Waals surface area contributed by atoms with Crippen LogP contribution in [0.3, 0.4) is 0 Å². The van der Waals surface area contributed by atoms with E-state index >= 15 is 0 Å². The molecule has 0 spiro atoms. The Bertz CT molecular complexity index is 815. The molecule has 0 aromatic heterocycles. The van der Waals surface area contributed by atoms with Crippen molar-refractivity contribution < 1.29 is 27.4 Å². The molecule has 2 aromatic rings. The van der Waals surface area contributed by atoms with Gasteiger partial charge in [0.2, 0.25) is 5.91 Å². The quantitative estimate of drug-likeness (QED) is 0.656. The van der Waals surface area contributed by atoms with Gasteiger partial charge in [-0.2, -0.15) is 13.2 Å². The molecule has 0 fully saturated rings. The van der Waals surface area contributed by atoms with E-state index < -0.39 is 11.7 Å². The van der Waals surface area contributed by atoms with Gasteiger partial charge in [-0.05, 0) is 35.9 Å². The van der Waals surface area contributed by atoms with Crippen LogP contribution in [0.5, 0.6) is 11.5 Å². The summed E-state index contributed by atoms with van der Waals surface area (Å²) >= 11 is 6.58. The molecule has 0 radical (unpaired) electrons. The van der Waals surface area contributed by atoms with E-state index in [2.05, 4.69) is 5.32 Å². The number of hydrogen-bond donors (Lipinski definition) is 1. The summed E-state index contributed by atoms with van der Waals surface area (Å²) in [6.45, 7) is 0.258. The number of rotatable bonds is 7. The first-order valence-electron chi connectivity index (χ1n) is 7.71. The van der Waals surface area contributed by atoms with Crippen LogP contribution >= 0.6 is 23.4 Å². The fourth-order valence-corrected chi connectivity index (χ4v) is 3.19. The van der Waals surface area contributed by atoms with Gasteiger partial charge in [-0.15, -0.1) is 11.8 Å². The number of amides is 1. The number of carbonyl (C=O) groups excluding carboxylic acids is 1. The van der Waals surface area contributed by atoms with Crippen LogP contribution in [0, 0.1) is 0 Å². The molecule has 2 aromatic carbocycles. The second kappa shape index (κ2) is 9.23. The van der Waals surface area contributed by atoms with Crippen LogP contribution in [0.15, 0.2) is 41.3 Å². The molecule has 0 heterocycles. The second-order valence-electron chi connectivity index (χ2n) is 5.39. The zero-order chi connectivity index (χ0) is 20.0. The second-order valence-corrected chi connectivity index (χ2v) is 6.85. The number of nitrogens with one attached hydrogen (secondary N) is 1. The molecule has 27 heavy (non-hydrogen) atoms. The Hall–Kier alpha value is -2.06. The molecule has 1 N–H and O–H groups in total. The fourth-order valence-electron chi connectivity index (χ4n) is 2.20. The van der Waals surface area contributed by atoms with Crippen molar-refractivity contribution >= 4 is 29.3 Å². The molecule has 0 saturated carbocycles. The molecule has 0 aliphatic heterocycles. The van der Waals surface area contributed by atoms with E-state index in [1.54, 1.807) is 18.2 Å². The normalized spacial score (nSPS) is 11.2. The molecule has 0 aliphatic rings. The Kier molecular flexibility index (Phi) is 7.26. The summed E-state index contributed by atoms with van der Waals surface area (Å²) in [5.74, 6) is 0.788. The van der Waals surface area contributed by atoms with Crippen molar-refractivity contribution in [3.05, 3.63) is 52.5 Å². The average Bonchev–Trinajstić information content (AvgIpc) is 2.64. The lowest BCUT2D eigenvalue weighted by molar-refractivity contribution is -0.137. The predicted octanol–water partition coefficient (Wildman–Crippen LogP) is 4.78. The van der Waals surface area contributed by atoms with Crippen molar-refractivity contribution in [2.45, 2.75) is 17.6 Å². The zero-order valence-electron chi connectivity index (χ0n) is 14.5. The van der Waals surface area contributed by atoms with Gasteiger partial charge in [-0.25, -0.2) is 0 Å². The van der Waals surface area contributed by atoms with E-state index in [0.717, 1.165) is 23.4 Å². The van der Waals surface area contributed by atoms with Crippen molar-refractivity contribution in [3.63, 3.8) is 0 Å². The summed E-state index contributed by atoms with van der Waals surface area (Å²) in [7, 11) is 3.04. The van der Waals surface area contributed by atoms with Gasteiger partial charge < -0.3 is 14.8 Å². The standard InChI is InChI=1S/C18H17ClF3NO3S/c1-25-15-6-3-11(7-16(15)26-2)9-23-17(24)10-27-12-4-5-14(19)13(8-12)18(20,21)22/h3-8H,9-10H2,1-2H3,(H,23,24). The third-order valence-corrected chi connectivity index (χ3v) is 4.87.